The van der Waals surface area contributed by atoms with Crippen LogP contribution in [-0.2, 0) is 0 Å². The van der Waals surface area contributed by atoms with Gasteiger partial charge in [-0.15, -0.1) is 0 Å². The molecule has 2 N–H and O–H groups in total. The van der Waals surface area contributed by atoms with Crippen molar-refractivity contribution in [1.82, 2.24) is 0 Å². The maximum atomic E-state index is 13.0. The van der Waals surface area contributed by atoms with Gasteiger partial charge >= 0.3 is 0 Å². The van der Waals surface area contributed by atoms with E-state index < -0.39 is 5.82 Å². The molecule has 0 saturated heterocycles. The largest absolute Gasteiger partial charge is 0.396 e. The molecule has 1 aromatic carbocycles. The van der Waals surface area contributed by atoms with Crippen LogP contribution in [0, 0.1) is 23.1 Å². The van der Waals surface area contributed by atoms with Gasteiger partial charge in [0.1, 0.15) is 5.82 Å². The van der Waals surface area contributed by atoms with E-state index in [9.17, 15) is 4.39 Å². The fourth-order valence-electron chi connectivity index (χ4n) is 1.11. The van der Waals surface area contributed by atoms with Crippen molar-refractivity contribution in [3.8, 4) is 6.07 Å². The number of aliphatic hydroxyl groups is 1. The highest BCUT2D eigenvalue weighted by Crippen LogP contribution is 2.13. The number of halogens is 1. The van der Waals surface area contributed by atoms with E-state index in [1.165, 1.54) is 12.1 Å². The third kappa shape index (κ3) is 3.56. The lowest BCUT2D eigenvalue weighted by atomic mass is 10.1. The molecule has 80 valence electrons. The van der Waals surface area contributed by atoms with Gasteiger partial charge in [0, 0.05) is 18.8 Å². The van der Waals surface area contributed by atoms with Crippen molar-refractivity contribution in [3.05, 3.63) is 29.6 Å². The summed E-state index contributed by atoms with van der Waals surface area (Å²) in [6, 6.07) is 5.96. The summed E-state index contributed by atoms with van der Waals surface area (Å²) in [5.41, 5.74) is 0.848. The highest BCUT2D eigenvalue weighted by Gasteiger charge is 2.02. The summed E-state index contributed by atoms with van der Waals surface area (Å²) in [5, 5.41) is 20.4. The maximum absolute atomic E-state index is 13.0. The Morgan fingerprint density at radius 1 is 1.53 bits per heavy atom. The molecule has 0 saturated carbocycles. The first-order chi connectivity index (χ1) is 7.15. The summed E-state index contributed by atoms with van der Waals surface area (Å²) in [4.78, 5) is 0. The van der Waals surface area contributed by atoms with Gasteiger partial charge in [-0.05, 0) is 24.1 Å². The van der Waals surface area contributed by atoms with Crippen LogP contribution in [-0.4, -0.2) is 18.3 Å². The van der Waals surface area contributed by atoms with Crippen molar-refractivity contribution in [1.29, 1.82) is 5.26 Å². The Balaban J connectivity index is 2.69. The van der Waals surface area contributed by atoms with Crippen LogP contribution in [0.15, 0.2) is 18.2 Å². The molecule has 1 rings (SSSR count). The number of rotatable bonds is 4. The summed E-state index contributed by atoms with van der Waals surface area (Å²) in [5.74, 6) is -0.341. The van der Waals surface area contributed by atoms with Crippen LogP contribution in [0.1, 0.15) is 12.5 Å². The fourth-order valence-corrected chi connectivity index (χ4v) is 1.11. The molecule has 1 atom stereocenters. The number of hydrogen-bond acceptors (Lipinski definition) is 3. The van der Waals surface area contributed by atoms with Crippen LogP contribution in [0.5, 0.6) is 0 Å². The minimum absolute atomic E-state index is 0.0768. The average molecular weight is 208 g/mol. The van der Waals surface area contributed by atoms with Crippen LogP contribution in [0.25, 0.3) is 0 Å². The molecule has 0 aliphatic rings. The molecule has 0 aliphatic heterocycles. The topological polar surface area (TPSA) is 56.0 Å². The summed E-state index contributed by atoms with van der Waals surface area (Å²) < 4.78 is 13.0. The van der Waals surface area contributed by atoms with Gasteiger partial charge in [-0.25, -0.2) is 4.39 Å². The Morgan fingerprint density at radius 2 is 2.27 bits per heavy atom. The first-order valence-corrected chi connectivity index (χ1v) is 4.71. The van der Waals surface area contributed by atoms with E-state index in [1.54, 1.807) is 6.07 Å². The van der Waals surface area contributed by atoms with Gasteiger partial charge < -0.3 is 10.4 Å². The zero-order valence-electron chi connectivity index (χ0n) is 8.50. The van der Waals surface area contributed by atoms with E-state index in [0.29, 0.717) is 12.2 Å². The highest BCUT2D eigenvalue weighted by molar-refractivity contribution is 5.49. The molecule has 0 amide bonds. The second-order valence-corrected chi connectivity index (χ2v) is 3.51. The standard InChI is InChI=1S/C11H13FN2O/c1-8(7-15)6-14-11-3-9(5-13)2-10(12)4-11/h2-4,8,14-15H,6-7H2,1H3. The second kappa shape index (κ2) is 5.32. The first-order valence-electron chi connectivity index (χ1n) is 4.71. The van der Waals surface area contributed by atoms with Crippen LogP contribution >= 0.6 is 0 Å². The number of hydrogen-bond donors (Lipinski definition) is 2. The number of nitrogens with one attached hydrogen (secondary N) is 1. The van der Waals surface area contributed by atoms with Gasteiger partial charge in [0.2, 0.25) is 0 Å². The monoisotopic (exact) mass is 208 g/mol. The van der Waals surface area contributed by atoms with Crippen molar-refractivity contribution in [2.45, 2.75) is 6.92 Å². The number of nitriles is 1. The van der Waals surface area contributed by atoms with Gasteiger partial charge in [0.15, 0.2) is 0 Å². The highest BCUT2D eigenvalue weighted by atomic mass is 19.1. The molecule has 0 bridgehead atoms. The van der Waals surface area contributed by atoms with Crippen LogP contribution < -0.4 is 5.32 Å². The molecule has 0 aromatic heterocycles. The van der Waals surface area contributed by atoms with E-state index in [2.05, 4.69) is 5.32 Å². The van der Waals surface area contributed by atoms with E-state index in [1.807, 2.05) is 13.0 Å². The number of aliphatic hydroxyl groups excluding tert-OH is 1. The molecule has 3 nitrogen and oxygen atoms in total. The Hall–Kier alpha value is -1.60. The molecule has 15 heavy (non-hydrogen) atoms. The Kier molecular flexibility index (Phi) is 4.07. The van der Waals surface area contributed by atoms with Gasteiger partial charge in [-0.1, -0.05) is 6.92 Å². The number of nitrogens with zero attached hydrogens (tertiary/aromatic N) is 1. The molecule has 0 aliphatic carbocycles. The molecule has 1 unspecified atom stereocenters. The van der Waals surface area contributed by atoms with E-state index >= 15 is 0 Å². The zero-order chi connectivity index (χ0) is 11.3. The fraction of sp³-hybridized carbons (Fsp3) is 0.364. The second-order valence-electron chi connectivity index (χ2n) is 3.51. The van der Waals surface area contributed by atoms with Gasteiger partial charge in [0.05, 0.1) is 11.6 Å². The maximum Gasteiger partial charge on any atom is 0.126 e. The molecule has 4 heteroatoms. The van der Waals surface area contributed by atoms with Crippen LogP contribution in [0.2, 0.25) is 0 Å². The van der Waals surface area contributed by atoms with Crippen molar-refractivity contribution in [2.24, 2.45) is 5.92 Å². The lowest BCUT2D eigenvalue weighted by Crippen LogP contribution is -2.14. The molecular formula is C11H13FN2O. The van der Waals surface area contributed by atoms with E-state index in [-0.39, 0.29) is 18.1 Å². The van der Waals surface area contributed by atoms with Crippen molar-refractivity contribution >= 4 is 5.69 Å². The first kappa shape index (κ1) is 11.5. The minimum Gasteiger partial charge on any atom is -0.396 e. The SMILES string of the molecule is CC(CO)CNc1cc(F)cc(C#N)c1. The molecule has 0 heterocycles. The van der Waals surface area contributed by atoms with Gasteiger partial charge in [0.25, 0.3) is 0 Å². The summed E-state index contributed by atoms with van der Waals surface area (Å²) in [6.45, 7) is 2.50. The number of anilines is 1. The van der Waals surface area contributed by atoms with Crippen LogP contribution in [0.4, 0.5) is 10.1 Å². The Bertz CT molecular complexity index is 373. The molecule has 0 spiro atoms. The van der Waals surface area contributed by atoms with E-state index in [4.69, 9.17) is 10.4 Å². The third-order valence-corrected chi connectivity index (χ3v) is 1.99. The van der Waals surface area contributed by atoms with E-state index in [0.717, 1.165) is 0 Å². The zero-order valence-corrected chi connectivity index (χ0v) is 8.50. The predicted octanol–water partition coefficient (Wildman–Crippen LogP) is 1.74. The van der Waals surface area contributed by atoms with Crippen molar-refractivity contribution in [2.75, 3.05) is 18.5 Å². The predicted molar refractivity (Wildman–Crippen MR) is 55.9 cm³/mol. The van der Waals surface area contributed by atoms with Crippen LogP contribution in [0.3, 0.4) is 0 Å². The molecule has 1 aromatic rings. The summed E-state index contributed by atoms with van der Waals surface area (Å²) >= 11 is 0. The molecule has 0 radical (unpaired) electrons. The number of benzene rings is 1. The van der Waals surface area contributed by atoms with Crippen molar-refractivity contribution < 1.29 is 9.50 Å². The normalized spacial score (nSPS) is 11.9. The average Bonchev–Trinajstić information content (AvgIpc) is 2.25. The lowest BCUT2D eigenvalue weighted by Gasteiger charge is -2.10. The molecular weight excluding hydrogens is 195 g/mol. The van der Waals surface area contributed by atoms with Gasteiger partial charge in [-0.3, -0.25) is 0 Å². The minimum atomic E-state index is -0.437. The Labute approximate surface area is 88.2 Å². The lowest BCUT2D eigenvalue weighted by molar-refractivity contribution is 0.244. The summed E-state index contributed by atoms with van der Waals surface area (Å²) in [7, 11) is 0. The smallest absolute Gasteiger partial charge is 0.126 e. The Morgan fingerprint density at radius 3 is 2.87 bits per heavy atom. The quantitative estimate of drug-likeness (QED) is 0.792. The molecule has 0 fully saturated rings. The van der Waals surface area contributed by atoms with Gasteiger partial charge in [-0.2, -0.15) is 5.26 Å². The summed E-state index contributed by atoms with van der Waals surface area (Å²) in [6.07, 6.45) is 0. The third-order valence-electron chi connectivity index (χ3n) is 1.99. The van der Waals surface area contributed by atoms with Crippen molar-refractivity contribution in [3.63, 3.8) is 0 Å².